The number of aromatic nitrogens is 1. The van der Waals surface area contributed by atoms with E-state index in [0.29, 0.717) is 12.0 Å². The van der Waals surface area contributed by atoms with Gasteiger partial charge in [-0.25, -0.2) is 4.98 Å². The van der Waals surface area contributed by atoms with Crippen molar-refractivity contribution in [3.05, 3.63) is 15.6 Å². The van der Waals surface area contributed by atoms with Gasteiger partial charge >= 0.3 is 5.97 Å². The topological polar surface area (TPSA) is 53.4 Å². The van der Waals surface area contributed by atoms with Gasteiger partial charge < -0.3 is 5.11 Å². The lowest BCUT2D eigenvalue weighted by atomic mass is 10.1. The number of nitrogens with zero attached hydrogens (tertiary/aromatic N) is 2. The van der Waals surface area contributed by atoms with Crippen LogP contribution in [-0.4, -0.2) is 34.0 Å². The molecule has 5 heteroatoms. The fourth-order valence-corrected chi connectivity index (χ4v) is 3.64. The highest BCUT2D eigenvalue weighted by Gasteiger charge is 2.29. The molecule has 0 aliphatic carbocycles. The van der Waals surface area contributed by atoms with Crippen molar-refractivity contribution in [3.63, 3.8) is 0 Å². The van der Waals surface area contributed by atoms with Gasteiger partial charge in [0.15, 0.2) is 0 Å². The number of rotatable bonds is 4. The van der Waals surface area contributed by atoms with E-state index in [4.69, 9.17) is 5.11 Å². The van der Waals surface area contributed by atoms with Crippen LogP contribution in [0.1, 0.15) is 41.4 Å². The second-order valence-electron chi connectivity index (χ2n) is 5.10. The Morgan fingerprint density at radius 1 is 1.61 bits per heavy atom. The summed E-state index contributed by atoms with van der Waals surface area (Å²) < 4.78 is 0. The van der Waals surface area contributed by atoms with Crippen LogP contribution in [-0.2, 0) is 4.79 Å². The van der Waals surface area contributed by atoms with E-state index in [9.17, 15) is 4.79 Å². The van der Waals surface area contributed by atoms with Crippen molar-refractivity contribution in [1.82, 2.24) is 9.88 Å². The van der Waals surface area contributed by atoms with Crippen LogP contribution in [0.15, 0.2) is 0 Å². The maximum atomic E-state index is 10.7. The molecule has 2 heterocycles. The largest absolute Gasteiger partial charge is 0.481 e. The van der Waals surface area contributed by atoms with Crippen molar-refractivity contribution in [2.45, 2.75) is 39.7 Å². The van der Waals surface area contributed by atoms with Gasteiger partial charge in [0.25, 0.3) is 0 Å². The Balaban J connectivity index is 2.01. The monoisotopic (exact) mass is 268 g/mol. The molecule has 1 aromatic rings. The summed E-state index contributed by atoms with van der Waals surface area (Å²) in [7, 11) is 0. The Hall–Kier alpha value is -0.940. The van der Waals surface area contributed by atoms with E-state index in [-0.39, 0.29) is 6.42 Å². The molecule has 1 aliphatic rings. The van der Waals surface area contributed by atoms with Crippen LogP contribution >= 0.6 is 11.3 Å². The van der Waals surface area contributed by atoms with E-state index in [1.54, 1.807) is 11.3 Å². The van der Waals surface area contributed by atoms with E-state index in [2.05, 4.69) is 23.7 Å². The summed E-state index contributed by atoms with van der Waals surface area (Å²) >= 11 is 1.74. The first kappa shape index (κ1) is 13.5. The van der Waals surface area contributed by atoms with Crippen molar-refractivity contribution in [2.24, 2.45) is 5.92 Å². The number of aliphatic carboxylic acids is 1. The highest BCUT2D eigenvalue weighted by Crippen LogP contribution is 2.31. The second kappa shape index (κ2) is 5.36. The molecule has 1 saturated heterocycles. The summed E-state index contributed by atoms with van der Waals surface area (Å²) in [6.45, 7) is 8.18. The van der Waals surface area contributed by atoms with Crippen LogP contribution in [0, 0.1) is 19.8 Å². The third-order valence-corrected chi connectivity index (χ3v) is 4.57. The molecule has 2 rings (SSSR count). The maximum absolute atomic E-state index is 10.7. The summed E-state index contributed by atoms with van der Waals surface area (Å²) in [5, 5.41) is 9.94. The molecular weight excluding hydrogens is 248 g/mol. The van der Waals surface area contributed by atoms with Gasteiger partial charge in [-0.05, 0) is 39.7 Å². The summed E-state index contributed by atoms with van der Waals surface area (Å²) in [6, 6.07) is 0.300. The van der Waals surface area contributed by atoms with E-state index in [1.807, 2.05) is 6.92 Å². The smallest absolute Gasteiger partial charge is 0.303 e. The number of hydrogen-bond donors (Lipinski definition) is 1. The van der Waals surface area contributed by atoms with Crippen molar-refractivity contribution in [1.29, 1.82) is 0 Å². The molecule has 0 spiro atoms. The molecule has 4 nitrogen and oxygen atoms in total. The highest BCUT2D eigenvalue weighted by atomic mass is 32.1. The molecular formula is C13H20N2O2S. The van der Waals surface area contributed by atoms with Gasteiger partial charge in [0.2, 0.25) is 0 Å². The van der Waals surface area contributed by atoms with Gasteiger partial charge in [-0.2, -0.15) is 0 Å². The fraction of sp³-hybridized carbons (Fsp3) is 0.692. The van der Waals surface area contributed by atoms with E-state index >= 15 is 0 Å². The number of carbonyl (C=O) groups is 1. The number of thiazole rings is 1. The molecule has 100 valence electrons. The quantitative estimate of drug-likeness (QED) is 0.912. The van der Waals surface area contributed by atoms with Gasteiger partial charge in [-0.3, -0.25) is 9.69 Å². The number of aryl methyl sites for hydroxylation is 2. The first-order valence-corrected chi connectivity index (χ1v) is 7.18. The van der Waals surface area contributed by atoms with E-state index < -0.39 is 5.97 Å². The molecule has 1 aliphatic heterocycles. The molecule has 0 radical (unpaired) electrons. The molecule has 0 bridgehead atoms. The van der Waals surface area contributed by atoms with Crippen LogP contribution < -0.4 is 0 Å². The summed E-state index contributed by atoms with van der Waals surface area (Å²) in [5.74, 6) is -0.389. The first-order chi connectivity index (χ1) is 8.47. The predicted molar refractivity (Wildman–Crippen MR) is 71.9 cm³/mol. The average Bonchev–Trinajstić information content (AvgIpc) is 2.84. The van der Waals surface area contributed by atoms with Gasteiger partial charge in [-0.15, -0.1) is 11.3 Å². The molecule has 1 aromatic heterocycles. The Kier molecular flexibility index (Phi) is 4.02. The Morgan fingerprint density at radius 3 is 2.89 bits per heavy atom. The minimum Gasteiger partial charge on any atom is -0.481 e. The SMILES string of the molecule is Cc1nc(C(C)N2CCC(CC(=O)O)C2)c(C)s1. The second-order valence-corrected chi connectivity index (χ2v) is 6.51. The zero-order valence-corrected chi connectivity index (χ0v) is 12.0. The number of hydrogen-bond acceptors (Lipinski definition) is 4. The standard InChI is InChI=1S/C13H20N2O2S/c1-8(13-9(2)18-10(3)14-13)15-5-4-11(7-15)6-12(16)17/h8,11H,4-7H2,1-3H3,(H,16,17). The number of carboxylic acids is 1. The van der Waals surface area contributed by atoms with E-state index in [1.165, 1.54) is 4.88 Å². The number of carboxylic acid groups (broad SMARTS) is 1. The zero-order valence-electron chi connectivity index (χ0n) is 11.1. The van der Waals surface area contributed by atoms with Gasteiger partial charge in [0.05, 0.1) is 16.7 Å². The van der Waals surface area contributed by atoms with Crippen LogP contribution in [0.2, 0.25) is 0 Å². The molecule has 2 atom stereocenters. The van der Waals surface area contributed by atoms with Crippen molar-refractivity contribution in [2.75, 3.05) is 13.1 Å². The van der Waals surface area contributed by atoms with Crippen molar-refractivity contribution >= 4 is 17.3 Å². The molecule has 1 N–H and O–H groups in total. The highest BCUT2D eigenvalue weighted by molar-refractivity contribution is 7.11. The lowest BCUT2D eigenvalue weighted by molar-refractivity contribution is -0.138. The lowest BCUT2D eigenvalue weighted by Crippen LogP contribution is -2.25. The Labute approximate surface area is 112 Å². The third kappa shape index (κ3) is 2.90. The summed E-state index contributed by atoms with van der Waals surface area (Å²) in [5.41, 5.74) is 1.16. The zero-order chi connectivity index (χ0) is 13.3. The number of likely N-dealkylation sites (tertiary alicyclic amines) is 1. The van der Waals surface area contributed by atoms with Crippen LogP contribution in [0.4, 0.5) is 0 Å². The van der Waals surface area contributed by atoms with Gasteiger partial charge in [0, 0.05) is 17.8 Å². The molecule has 0 saturated carbocycles. The van der Waals surface area contributed by atoms with Crippen LogP contribution in [0.3, 0.4) is 0 Å². The molecule has 0 aromatic carbocycles. The molecule has 1 fully saturated rings. The molecule has 0 amide bonds. The summed E-state index contributed by atoms with van der Waals surface area (Å²) in [6.07, 6.45) is 1.27. The molecule has 18 heavy (non-hydrogen) atoms. The van der Waals surface area contributed by atoms with Gasteiger partial charge in [0.1, 0.15) is 0 Å². The normalized spacial score (nSPS) is 22.3. The fourth-order valence-electron chi connectivity index (χ4n) is 2.73. The van der Waals surface area contributed by atoms with Gasteiger partial charge in [-0.1, -0.05) is 0 Å². The van der Waals surface area contributed by atoms with Crippen molar-refractivity contribution in [3.8, 4) is 0 Å². The first-order valence-electron chi connectivity index (χ1n) is 6.37. The Morgan fingerprint density at radius 2 is 2.33 bits per heavy atom. The minimum atomic E-state index is -0.685. The minimum absolute atomic E-state index is 0.290. The third-order valence-electron chi connectivity index (χ3n) is 3.66. The molecule has 2 unspecified atom stereocenters. The average molecular weight is 268 g/mol. The van der Waals surface area contributed by atoms with Crippen LogP contribution in [0.25, 0.3) is 0 Å². The maximum Gasteiger partial charge on any atom is 0.303 e. The van der Waals surface area contributed by atoms with Crippen molar-refractivity contribution < 1.29 is 9.90 Å². The predicted octanol–water partition coefficient (Wildman–Crippen LogP) is 2.62. The van der Waals surface area contributed by atoms with E-state index in [0.717, 1.165) is 30.2 Å². The van der Waals surface area contributed by atoms with Crippen LogP contribution in [0.5, 0.6) is 0 Å². The Bertz CT molecular complexity index is 444. The lowest BCUT2D eigenvalue weighted by Gasteiger charge is -2.23. The summed E-state index contributed by atoms with van der Waals surface area (Å²) in [4.78, 5) is 19.0.